The third kappa shape index (κ3) is 3.53. The highest BCUT2D eigenvalue weighted by atomic mass is 19.4. The number of hydrogen-bond acceptors (Lipinski definition) is 4. The van der Waals surface area contributed by atoms with E-state index in [2.05, 4.69) is 10.1 Å². The minimum absolute atomic E-state index is 0.0355. The Balaban J connectivity index is 1.78. The van der Waals surface area contributed by atoms with Gasteiger partial charge in [0.2, 0.25) is 0 Å². The summed E-state index contributed by atoms with van der Waals surface area (Å²) in [6.07, 6.45) is -3.27. The standard InChI is InChI=1S/C16H19F3N4O/c1-11-8-12(2)23(21-11)10-13-9-22(6-7-24-13)15-14(16(17,18)19)4-3-5-20-15/h3-5,8,13H,6-7,9-10H2,1-2H3. The van der Waals surface area contributed by atoms with E-state index in [1.54, 1.807) is 4.90 Å². The van der Waals surface area contributed by atoms with E-state index < -0.39 is 11.7 Å². The van der Waals surface area contributed by atoms with Crippen LogP contribution in [0.3, 0.4) is 0 Å². The number of rotatable bonds is 3. The Morgan fingerprint density at radius 1 is 1.33 bits per heavy atom. The second-order valence-electron chi connectivity index (χ2n) is 5.92. The highest BCUT2D eigenvalue weighted by Gasteiger charge is 2.36. The lowest BCUT2D eigenvalue weighted by molar-refractivity contribution is -0.137. The number of alkyl halides is 3. The van der Waals surface area contributed by atoms with E-state index in [0.29, 0.717) is 26.2 Å². The van der Waals surface area contributed by atoms with Crippen molar-refractivity contribution >= 4 is 5.82 Å². The molecule has 1 aliphatic rings. The van der Waals surface area contributed by atoms with Crippen molar-refractivity contribution in [1.29, 1.82) is 0 Å². The minimum Gasteiger partial charge on any atom is -0.373 e. The molecule has 0 aliphatic carbocycles. The molecule has 1 saturated heterocycles. The zero-order valence-corrected chi connectivity index (χ0v) is 13.5. The Morgan fingerprint density at radius 2 is 2.12 bits per heavy atom. The number of aryl methyl sites for hydroxylation is 2. The van der Waals surface area contributed by atoms with Gasteiger partial charge in [-0.2, -0.15) is 18.3 Å². The third-order valence-electron chi connectivity index (χ3n) is 4.01. The van der Waals surface area contributed by atoms with Crippen LogP contribution >= 0.6 is 0 Å². The molecule has 1 unspecified atom stereocenters. The molecular formula is C16H19F3N4O. The molecule has 0 radical (unpaired) electrons. The van der Waals surface area contributed by atoms with E-state index in [9.17, 15) is 13.2 Å². The summed E-state index contributed by atoms with van der Waals surface area (Å²) in [7, 11) is 0. The van der Waals surface area contributed by atoms with Crippen LogP contribution < -0.4 is 4.90 Å². The SMILES string of the molecule is Cc1cc(C)n(CC2CN(c3ncccc3C(F)(F)F)CCO2)n1. The second kappa shape index (κ2) is 6.43. The van der Waals surface area contributed by atoms with Crippen LogP contribution in [-0.2, 0) is 17.5 Å². The molecule has 0 aromatic carbocycles. The van der Waals surface area contributed by atoms with Crippen LogP contribution in [0.5, 0.6) is 0 Å². The Bertz CT molecular complexity index is 714. The van der Waals surface area contributed by atoms with Gasteiger partial charge >= 0.3 is 6.18 Å². The number of ether oxygens (including phenoxy) is 1. The molecule has 3 heterocycles. The van der Waals surface area contributed by atoms with E-state index in [1.807, 2.05) is 24.6 Å². The summed E-state index contributed by atoms with van der Waals surface area (Å²) in [5.74, 6) is -0.0355. The number of anilines is 1. The van der Waals surface area contributed by atoms with Gasteiger partial charge in [-0.1, -0.05) is 0 Å². The van der Waals surface area contributed by atoms with Crippen LogP contribution in [-0.4, -0.2) is 40.6 Å². The Kier molecular flexibility index (Phi) is 4.49. The maximum absolute atomic E-state index is 13.2. The first kappa shape index (κ1) is 16.8. The first-order chi connectivity index (χ1) is 11.3. The lowest BCUT2D eigenvalue weighted by Gasteiger charge is -2.35. The number of aromatic nitrogens is 3. The highest BCUT2D eigenvalue weighted by Crippen LogP contribution is 2.35. The van der Waals surface area contributed by atoms with Crippen LogP contribution in [0.1, 0.15) is 17.0 Å². The Hall–Kier alpha value is -2.09. The van der Waals surface area contributed by atoms with Crippen molar-refractivity contribution in [3.8, 4) is 0 Å². The van der Waals surface area contributed by atoms with E-state index in [4.69, 9.17) is 4.74 Å². The molecule has 1 aliphatic heterocycles. The van der Waals surface area contributed by atoms with Crippen LogP contribution in [0.25, 0.3) is 0 Å². The second-order valence-corrected chi connectivity index (χ2v) is 5.92. The molecule has 0 saturated carbocycles. The number of halogens is 3. The van der Waals surface area contributed by atoms with Crippen LogP contribution in [0.2, 0.25) is 0 Å². The number of hydrogen-bond donors (Lipinski definition) is 0. The molecule has 3 rings (SSSR count). The smallest absolute Gasteiger partial charge is 0.373 e. The molecule has 5 nitrogen and oxygen atoms in total. The zero-order chi connectivity index (χ0) is 17.3. The monoisotopic (exact) mass is 340 g/mol. The summed E-state index contributed by atoms with van der Waals surface area (Å²) in [6, 6.07) is 4.33. The van der Waals surface area contributed by atoms with Gasteiger partial charge in [0.1, 0.15) is 5.82 Å². The van der Waals surface area contributed by atoms with Crippen molar-refractivity contribution in [3.63, 3.8) is 0 Å². The topological polar surface area (TPSA) is 43.2 Å². The van der Waals surface area contributed by atoms with Crippen molar-refractivity contribution in [2.75, 3.05) is 24.6 Å². The van der Waals surface area contributed by atoms with Gasteiger partial charge in [0.25, 0.3) is 0 Å². The quantitative estimate of drug-likeness (QED) is 0.862. The third-order valence-corrected chi connectivity index (χ3v) is 4.01. The molecule has 8 heteroatoms. The minimum atomic E-state index is -4.42. The first-order valence-corrected chi connectivity index (χ1v) is 7.74. The molecule has 130 valence electrons. The summed E-state index contributed by atoms with van der Waals surface area (Å²) in [5.41, 5.74) is 1.20. The van der Waals surface area contributed by atoms with Gasteiger partial charge in [-0.3, -0.25) is 4.68 Å². The summed E-state index contributed by atoms with van der Waals surface area (Å²) >= 11 is 0. The molecule has 0 amide bonds. The van der Waals surface area contributed by atoms with Crippen molar-refractivity contribution in [1.82, 2.24) is 14.8 Å². The molecular weight excluding hydrogens is 321 g/mol. The summed E-state index contributed by atoms with van der Waals surface area (Å²) in [4.78, 5) is 5.60. The average Bonchev–Trinajstić information content (AvgIpc) is 2.84. The lowest BCUT2D eigenvalue weighted by atomic mass is 10.2. The summed E-state index contributed by atoms with van der Waals surface area (Å²) in [6.45, 7) is 5.44. The van der Waals surface area contributed by atoms with E-state index in [-0.39, 0.29) is 11.9 Å². The molecule has 1 atom stereocenters. The van der Waals surface area contributed by atoms with Crippen LogP contribution in [0.4, 0.5) is 19.0 Å². The summed E-state index contributed by atoms with van der Waals surface area (Å²) < 4.78 is 47.1. The predicted octanol–water partition coefficient (Wildman–Crippen LogP) is 2.82. The van der Waals surface area contributed by atoms with E-state index >= 15 is 0 Å². The van der Waals surface area contributed by atoms with Crippen LogP contribution in [0.15, 0.2) is 24.4 Å². The maximum atomic E-state index is 13.2. The fourth-order valence-electron chi connectivity index (χ4n) is 2.95. The molecule has 2 aromatic rings. The van der Waals surface area contributed by atoms with Crippen molar-refractivity contribution < 1.29 is 17.9 Å². The maximum Gasteiger partial charge on any atom is 0.419 e. The largest absolute Gasteiger partial charge is 0.419 e. The predicted molar refractivity (Wildman–Crippen MR) is 82.9 cm³/mol. The van der Waals surface area contributed by atoms with Gasteiger partial charge in [-0.05, 0) is 32.0 Å². The molecule has 1 fully saturated rings. The Labute approximate surface area is 138 Å². The summed E-state index contributed by atoms with van der Waals surface area (Å²) in [5, 5.41) is 4.38. The van der Waals surface area contributed by atoms with Crippen molar-refractivity contribution in [2.45, 2.75) is 32.7 Å². The first-order valence-electron chi connectivity index (χ1n) is 7.74. The number of morpholine rings is 1. The van der Waals surface area contributed by atoms with Gasteiger partial charge in [0.15, 0.2) is 0 Å². The molecule has 24 heavy (non-hydrogen) atoms. The van der Waals surface area contributed by atoms with E-state index in [0.717, 1.165) is 17.5 Å². The van der Waals surface area contributed by atoms with Gasteiger partial charge in [0.05, 0.1) is 30.5 Å². The normalized spacial score (nSPS) is 18.9. The molecule has 0 N–H and O–H groups in total. The Morgan fingerprint density at radius 3 is 2.79 bits per heavy atom. The molecule has 0 bridgehead atoms. The van der Waals surface area contributed by atoms with Gasteiger partial charge in [-0.15, -0.1) is 0 Å². The van der Waals surface area contributed by atoms with Gasteiger partial charge in [0, 0.05) is 25.0 Å². The fraction of sp³-hybridized carbons (Fsp3) is 0.500. The molecule has 0 spiro atoms. The van der Waals surface area contributed by atoms with Crippen molar-refractivity contribution in [3.05, 3.63) is 41.3 Å². The van der Waals surface area contributed by atoms with E-state index in [1.165, 1.54) is 12.3 Å². The highest BCUT2D eigenvalue weighted by molar-refractivity contribution is 5.48. The lowest BCUT2D eigenvalue weighted by Crippen LogP contribution is -2.45. The van der Waals surface area contributed by atoms with Crippen molar-refractivity contribution in [2.24, 2.45) is 0 Å². The average molecular weight is 340 g/mol. The number of nitrogens with zero attached hydrogens (tertiary/aromatic N) is 4. The zero-order valence-electron chi connectivity index (χ0n) is 13.5. The van der Waals surface area contributed by atoms with Crippen LogP contribution in [0, 0.1) is 13.8 Å². The fourth-order valence-corrected chi connectivity index (χ4v) is 2.95. The number of pyridine rings is 1. The molecule has 2 aromatic heterocycles. The van der Waals surface area contributed by atoms with Gasteiger partial charge in [-0.25, -0.2) is 4.98 Å². The van der Waals surface area contributed by atoms with Gasteiger partial charge < -0.3 is 9.64 Å².